The molecule has 0 saturated heterocycles. The van der Waals surface area contributed by atoms with Gasteiger partial charge in [0, 0.05) is 11.4 Å². The fourth-order valence-corrected chi connectivity index (χ4v) is 4.10. The first kappa shape index (κ1) is 20.4. The van der Waals surface area contributed by atoms with E-state index < -0.39 is 10.0 Å². The van der Waals surface area contributed by atoms with Crippen LogP contribution < -0.4 is 14.8 Å². The van der Waals surface area contributed by atoms with Crippen molar-refractivity contribution in [1.29, 1.82) is 0 Å². The molecule has 156 valence electrons. The van der Waals surface area contributed by atoms with Crippen molar-refractivity contribution in [2.45, 2.75) is 4.90 Å². The molecule has 0 saturated carbocycles. The molecule has 0 heterocycles. The highest BCUT2D eigenvalue weighted by Gasteiger charge is 2.14. The van der Waals surface area contributed by atoms with Gasteiger partial charge in [0.05, 0.1) is 4.90 Å². The lowest BCUT2D eigenvalue weighted by Gasteiger charge is -2.10. The molecule has 6 nitrogen and oxygen atoms in total. The number of anilines is 2. The van der Waals surface area contributed by atoms with Crippen LogP contribution in [0.25, 0.3) is 10.8 Å². The molecule has 0 radical (unpaired) electrons. The molecule has 0 aliphatic heterocycles. The number of nitrogens with one attached hydrogen (secondary N) is 2. The minimum absolute atomic E-state index is 0.0989. The van der Waals surface area contributed by atoms with Gasteiger partial charge in [0.25, 0.3) is 15.9 Å². The van der Waals surface area contributed by atoms with Crippen LogP contribution in [0.1, 0.15) is 0 Å². The van der Waals surface area contributed by atoms with E-state index in [1.165, 1.54) is 24.3 Å². The summed E-state index contributed by atoms with van der Waals surface area (Å²) >= 11 is 0. The number of para-hydroxylation sites is 1. The van der Waals surface area contributed by atoms with E-state index in [0.29, 0.717) is 17.1 Å². The average molecular weight is 433 g/mol. The Hall–Kier alpha value is -3.84. The summed E-state index contributed by atoms with van der Waals surface area (Å²) in [7, 11) is -3.71. The maximum atomic E-state index is 12.5. The first-order chi connectivity index (χ1) is 15.0. The van der Waals surface area contributed by atoms with Crippen molar-refractivity contribution < 1.29 is 17.9 Å². The lowest BCUT2D eigenvalue weighted by Crippen LogP contribution is -2.20. The number of rotatable bonds is 7. The van der Waals surface area contributed by atoms with E-state index in [1.54, 1.807) is 30.3 Å². The van der Waals surface area contributed by atoms with Crippen LogP contribution in [0.3, 0.4) is 0 Å². The molecule has 4 aromatic carbocycles. The van der Waals surface area contributed by atoms with Gasteiger partial charge in [-0.25, -0.2) is 8.42 Å². The second-order valence-electron chi connectivity index (χ2n) is 6.84. The van der Waals surface area contributed by atoms with Crippen LogP contribution in [0.15, 0.2) is 102 Å². The molecule has 0 spiro atoms. The van der Waals surface area contributed by atoms with Crippen LogP contribution in [0.5, 0.6) is 5.75 Å². The average Bonchev–Trinajstić information content (AvgIpc) is 2.78. The van der Waals surface area contributed by atoms with E-state index in [0.717, 1.165) is 10.8 Å². The third-order valence-corrected chi connectivity index (χ3v) is 5.96. The Morgan fingerprint density at radius 2 is 1.42 bits per heavy atom. The number of carbonyl (C=O) groups is 1. The molecule has 31 heavy (non-hydrogen) atoms. The second kappa shape index (κ2) is 8.89. The number of ether oxygens (including phenoxy) is 1. The van der Waals surface area contributed by atoms with Crippen LogP contribution in [-0.2, 0) is 14.8 Å². The normalized spacial score (nSPS) is 11.1. The Morgan fingerprint density at radius 3 is 2.16 bits per heavy atom. The zero-order valence-electron chi connectivity index (χ0n) is 16.5. The third kappa shape index (κ3) is 5.21. The predicted octanol–water partition coefficient (Wildman–Crippen LogP) is 4.66. The maximum absolute atomic E-state index is 12.5. The van der Waals surface area contributed by atoms with Crippen molar-refractivity contribution in [2.75, 3.05) is 16.6 Å². The molecule has 1 amide bonds. The summed E-state index contributed by atoms with van der Waals surface area (Å²) < 4.78 is 33.0. The van der Waals surface area contributed by atoms with Gasteiger partial charge in [0.1, 0.15) is 5.75 Å². The molecule has 0 bridgehead atoms. The van der Waals surface area contributed by atoms with E-state index >= 15 is 0 Å². The molecule has 7 heteroatoms. The lowest BCUT2D eigenvalue weighted by molar-refractivity contribution is -0.118. The van der Waals surface area contributed by atoms with Crippen molar-refractivity contribution in [3.8, 4) is 5.75 Å². The highest BCUT2D eigenvalue weighted by atomic mass is 32.2. The van der Waals surface area contributed by atoms with Gasteiger partial charge in [-0.1, -0.05) is 48.5 Å². The monoisotopic (exact) mass is 432 g/mol. The summed E-state index contributed by atoms with van der Waals surface area (Å²) in [5, 5.41) is 4.82. The molecule has 0 aliphatic carbocycles. The smallest absolute Gasteiger partial charge is 0.262 e. The number of sulfonamides is 1. The SMILES string of the molecule is O=C(COc1ccc2ccccc2c1)Nc1ccc(S(=O)(=O)Nc2ccccc2)cc1. The summed E-state index contributed by atoms with van der Waals surface area (Å²) in [6.45, 7) is -0.159. The summed E-state index contributed by atoms with van der Waals surface area (Å²) in [6, 6.07) is 28.1. The Kier molecular flexibility index (Phi) is 5.86. The number of fused-ring (bicyclic) bond motifs is 1. The van der Waals surface area contributed by atoms with Crippen LogP contribution in [0.2, 0.25) is 0 Å². The highest BCUT2D eigenvalue weighted by molar-refractivity contribution is 7.92. The summed E-state index contributed by atoms with van der Waals surface area (Å²) in [5.74, 6) is 0.258. The minimum atomic E-state index is -3.71. The number of carbonyl (C=O) groups excluding carboxylic acids is 1. The number of hydrogen-bond acceptors (Lipinski definition) is 4. The van der Waals surface area contributed by atoms with Crippen LogP contribution in [0, 0.1) is 0 Å². The Balaban J connectivity index is 1.35. The fourth-order valence-electron chi connectivity index (χ4n) is 3.04. The number of amides is 1. The first-order valence-corrected chi connectivity index (χ1v) is 11.1. The molecule has 0 aromatic heterocycles. The maximum Gasteiger partial charge on any atom is 0.262 e. The van der Waals surface area contributed by atoms with Crippen molar-refractivity contribution >= 4 is 38.1 Å². The number of hydrogen-bond donors (Lipinski definition) is 2. The van der Waals surface area contributed by atoms with Gasteiger partial charge in [0.15, 0.2) is 6.61 Å². The largest absolute Gasteiger partial charge is 0.484 e. The molecule has 0 atom stereocenters. The Bertz CT molecular complexity index is 1300. The van der Waals surface area contributed by atoms with Gasteiger partial charge in [-0.15, -0.1) is 0 Å². The summed E-state index contributed by atoms with van der Waals surface area (Å²) in [4.78, 5) is 12.3. The topological polar surface area (TPSA) is 84.5 Å². The molecule has 0 unspecified atom stereocenters. The van der Waals surface area contributed by atoms with Crippen LogP contribution >= 0.6 is 0 Å². The fraction of sp³-hybridized carbons (Fsp3) is 0.0417. The van der Waals surface area contributed by atoms with Gasteiger partial charge >= 0.3 is 0 Å². The second-order valence-corrected chi connectivity index (χ2v) is 8.52. The van der Waals surface area contributed by atoms with Crippen LogP contribution in [0.4, 0.5) is 11.4 Å². The standard InChI is InChI=1S/C24H20N2O4S/c27-24(17-30-22-13-10-18-6-4-5-7-19(18)16-22)25-20-11-14-23(15-12-20)31(28,29)26-21-8-2-1-3-9-21/h1-16,26H,17H2,(H,25,27). The summed E-state index contributed by atoms with van der Waals surface area (Å²) in [5.41, 5.74) is 0.955. The van der Waals surface area contributed by atoms with E-state index in [2.05, 4.69) is 10.0 Å². The van der Waals surface area contributed by atoms with Gasteiger partial charge in [-0.2, -0.15) is 0 Å². The van der Waals surface area contributed by atoms with Crippen molar-refractivity contribution in [3.63, 3.8) is 0 Å². The molecular weight excluding hydrogens is 412 g/mol. The molecular formula is C24H20N2O4S. The molecule has 2 N–H and O–H groups in total. The van der Waals surface area contributed by atoms with Crippen molar-refractivity contribution in [3.05, 3.63) is 97.1 Å². The van der Waals surface area contributed by atoms with Gasteiger partial charge < -0.3 is 10.1 Å². The Labute approximate surface area is 180 Å². The highest BCUT2D eigenvalue weighted by Crippen LogP contribution is 2.21. The van der Waals surface area contributed by atoms with Crippen LogP contribution in [-0.4, -0.2) is 20.9 Å². The van der Waals surface area contributed by atoms with E-state index in [9.17, 15) is 13.2 Å². The quantitative estimate of drug-likeness (QED) is 0.445. The molecule has 4 aromatic rings. The van der Waals surface area contributed by atoms with E-state index in [4.69, 9.17) is 4.74 Å². The van der Waals surface area contributed by atoms with E-state index in [-0.39, 0.29) is 17.4 Å². The van der Waals surface area contributed by atoms with E-state index in [1.807, 2.05) is 42.5 Å². The zero-order valence-corrected chi connectivity index (χ0v) is 17.3. The van der Waals surface area contributed by atoms with Crippen molar-refractivity contribution in [2.24, 2.45) is 0 Å². The molecule has 0 aliphatic rings. The lowest BCUT2D eigenvalue weighted by atomic mass is 10.1. The summed E-state index contributed by atoms with van der Waals surface area (Å²) in [6.07, 6.45) is 0. The Morgan fingerprint density at radius 1 is 0.742 bits per heavy atom. The van der Waals surface area contributed by atoms with Gasteiger partial charge in [-0.3, -0.25) is 9.52 Å². The third-order valence-electron chi connectivity index (χ3n) is 4.57. The minimum Gasteiger partial charge on any atom is -0.484 e. The molecule has 0 fully saturated rings. The predicted molar refractivity (Wildman–Crippen MR) is 122 cm³/mol. The van der Waals surface area contributed by atoms with Gasteiger partial charge in [-0.05, 0) is 59.3 Å². The molecule has 4 rings (SSSR count). The van der Waals surface area contributed by atoms with Crippen molar-refractivity contribution in [1.82, 2.24) is 0 Å². The first-order valence-electron chi connectivity index (χ1n) is 9.59. The number of benzene rings is 4. The van der Waals surface area contributed by atoms with Gasteiger partial charge in [0.2, 0.25) is 0 Å². The zero-order chi connectivity index (χ0) is 21.7.